The van der Waals surface area contributed by atoms with Crippen molar-refractivity contribution < 1.29 is 0 Å². The first-order valence-electron chi connectivity index (χ1n) is 6.80. The predicted octanol–water partition coefficient (Wildman–Crippen LogP) is 3.18. The Labute approximate surface area is 111 Å². The number of nitrogens with zero attached hydrogens (tertiary/aromatic N) is 1. The molecule has 0 aliphatic heterocycles. The zero-order valence-electron chi connectivity index (χ0n) is 11.5. The molecule has 0 radical (unpaired) electrons. The molecule has 0 spiro atoms. The summed E-state index contributed by atoms with van der Waals surface area (Å²) in [6.45, 7) is 6.50. The van der Waals surface area contributed by atoms with Crippen molar-refractivity contribution in [3.8, 4) is 0 Å². The molecule has 1 aromatic carbocycles. The molecule has 18 heavy (non-hydrogen) atoms. The molecule has 0 saturated carbocycles. The van der Waals surface area contributed by atoms with E-state index in [2.05, 4.69) is 43.0 Å². The molecule has 0 aliphatic carbocycles. The molecule has 1 rings (SSSR count). The number of rotatable bonds is 8. The monoisotopic (exact) mass is 247 g/mol. The fourth-order valence-electron chi connectivity index (χ4n) is 2.34. The van der Waals surface area contributed by atoms with E-state index in [1.54, 1.807) is 0 Å². The fraction of sp³-hybridized carbons (Fsp3) is 0.533. The van der Waals surface area contributed by atoms with Gasteiger partial charge in [0, 0.05) is 12.5 Å². The molecular formula is C15H25N3. The lowest BCUT2D eigenvalue weighted by atomic mass is 10.0. The minimum atomic E-state index is 0.239. The van der Waals surface area contributed by atoms with Crippen LogP contribution in [0.3, 0.4) is 0 Å². The van der Waals surface area contributed by atoms with E-state index in [0.29, 0.717) is 6.42 Å². The van der Waals surface area contributed by atoms with Crippen LogP contribution in [-0.2, 0) is 0 Å². The van der Waals surface area contributed by atoms with Crippen LogP contribution in [0.5, 0.6) is 0 Å². The highest BCUT2D eigenvalue weighted by Gasteiger charge is 2.19. The summed E-state index contributed by atoms with van der Waals surface area (Å²) in [5.41, 5.74) is 6.88. The van der Waals surface area contributed by atoms with Gasteiger partial charge in [-0.1, -0.05) is 44.2 Å². The molecule has 100 valence electrons. The number of amidine groups is 1. The average molecular weight is 247 g/mol. The lowest BCUT2D eigenvalue weighted by Gasteiger charge is -2.31. The van der Waals surface area contributed by atoms with E-state index in [1.807, 2.05) is 6.07 Å². The largest absolute Gasteiger partial charge is 0.388 e. The number of hydrogen-bond acceptors (Lipinski definition) is 2. The molecule has 1 atom stereocenters. The molecule has 0 heterocycles. The van der Waals surface area contributed by atoms with Gasteiger partial charge in [-0.2, -0.15) is 0 Å². The van der Waals surface area contributed by atoms with Gasteiger partial charge in [0.1, 0.15) is 0 Å². The maximum absolute atomic E-state index is 7.58. The maximum atomic E-state index is 7.58. The molecule has 0 aromatic heterocycles. The highest BCUT2D eigenvalue weighted by molar-refractivity contribution is 5.77. The highest BCUT2D eigenvalue weighted by Crippen LogP contribution is 2.24. The third-order valence-corrected chi connectivity index (χ3v) is 3.06. The number of nitrogens with one attached hydrogen (secondary N) is 1. The van der Waals surface area contributed by atoms with Crippen LogP contribution < -0.4 is 5.73 Å². The summed E-state index contributed by atoms with van der Waals surface area (Å²) in [5.74, 6) is 0.265. The van der Waals surface area contributed by atoms with Crippen molar-refractivity contribution in [2.45, 2.75) is 39.2 Å². The van der Waals surface area contributed by atoms with Crippen molar-refractivity contribution in [2.75, 3.05) is 13.1 Å². The van der Waals surface area contributed by atoms with Crippen LogP contribution in [0.4, 0.5) is 0 Å². The van der Waals surface area contributed by atoms with Gasteiger partial charge in [0.05, 0.1) is 5.84 Å². The molecule has 0 bridgehead atoms. The van der Waals surface area contributed by atoms with Crippen molar-refractivity contribution in [3.63, 3.8) is 0 Å². The van der Waals surface area contributed by atoms with Gasteiger partial charge in [-0.05, 0) is 31.5 Å². The van der Waals surface area contributed by atoms with Gasteiger partial charge in [-0.3, -0.25) is 10.3 Å². The molecule has 1 aromatic rings. The van der Waals surface area contributed by atoms with Gasteiger partial charge >= 0.3 is 0 Å². The minimum absolute atomic E-state index is 0.239. The Hall–Kier alpha value is -1.35. The van der Waals surface area contributed by atoms with Gasteiger partial charge < -0.3 is 5.73 Å². The van der Waals surface area contributed by atoms with Gasteiger partial charge in [0.25, 0.3) is 0 Å². The second-order valence-corrected chi connectivity index (χ2v) is 4.69. The molecule has 0 aliphatic rings. The van der Waals surface area contributed by atoms with Crippen LogP contribution >= 0.6 is 0 Å². The van der Waals surface area contributed by atoms with Crippen LogP contribution in [0, 0.1) is 5.41 Å². The smallest absolute Gasteiger partial charge is 0.0924 e. The highest BCUT2D eigenvalue weighted by atomic mass is 15.2. The molecule has 0 amide bonds. The second kappa shape index (κ2) is 7.88. The number of hydrogen-bond donors (Lipinski definition) is 2. The van der Waals surface area contributed by atoms with Gasteiger partial charge in [0.2, 0.25) is 0 Å². The molecule has 1 unspecified atom stereocenters. The lowest BCUT2D eigenvalue weighted by molar-refractivity contribution is 0.201. The van der Waals surface area contributed by atoms with Crippen molar-refractivity contribution in [2.24, 2.45) is 5.73 Å². The second-order valence-electron chi connectivity index (χ2n) is 4.69. The summed E-state index contributed by atoms with van der Waals surface area (Å²) in [6, 6.07) is 10.6. The Morgan fingerprint density at radius 2 is 1.72 bits per heavy atom. The SMILES string of the molecule is CCCN(CCC)C(CC(=N)N)c1ccccc1. The fourth-order valence-corrected chi connectivity index (χ4v) is 2.34. The Bertz CT molecular complexity index is 342. The maximum Gasteiger partial charge on any atom is 0.0924 e. The molecular weight excluding hydrogens is 222 g/mol. The van der Waals surface area contributed by atoms with Crippen LogP contribution in [0.1, 0.15) is 44.7 Å². The number of nitrogens with two attached hydrogens (primary N) is 1. The van der Waals surface area contributed by atoms with E-state index in [-0.39, 0.29) is 11.9 Å². The first kappa shape index (κ1) is 14.7. The summed E-state index contributed by atoms with van der Waals surface area (Å²) < 4.78 is 0. The van der Waals surface area contributed by atoms with E-state index in [9.17, 15) is 0 Å². The average Bonchev–Trinajstić information content (AvgIpc) is 2.37. The van der Waals surface area contributed by atoms with E-state index >= 15 is 0 Å². The third kappa shape index (κ3) is 4.49. The van der Waals surface area contributed by atoms with Crippen molar-refractivity contribution >= 4 is 5.84 Å². The molecule has 0 saturated heterocycles. The van der Waals surface area contributed by atoms with Crippen LogP contribution in [0.25, 0.3) is 0 Å². The Kier molecular flexibility index (Phi) is 6.44. The quantitative estimate of drug-likeness (QED) is 0.547. The minimum Gasteiger partial charge on any atom is -0.388 e. The summed E-state index contributed by atoms with van der Waals surface area (Å²) in [6.07, 6.45) is 2.87. The molecule has 3 N–H and O–H groups in total. The summed E-state index contributed by atoms with van der Waals surface area (Å²) in [4.78, 5) is 2.44. The molecule has 3 nitrogen and oxygen atoms in total. The standard InChI is InChI=1S/C15H25N3/c1-3-10-18(11-4-2)14(12-15(16)17)13-8-6-5-7-9-13/h5-9,14H,3-4,10-12H2,1-2H3,(H3,16,17). The van der Waals surface area contributed by atoms with Crippen molar-refractivity contribution in [1.82, 2.24) is 4.90 Å². The normalized spacial score (nSPS) is 12.6. The van der Waals surface area contributed by atoms with E-state index < -0.39 is 0 Å². The lowest BCUT2D eigenvalue weighted by Crippen LogP contribution is -2.33. The zero-order chi connectivity index (χ0) is 13.4. The summed E-state index contributed by atoms with van der Waals surface area (Å²) in [5, 5.41) is 7.58. The van der Waals surface area contributed by atoms with E-state index in [0.717, 1.165) is 25.9 Å². The zero-order valence-corrected chi connectivity index (χ0v) is 11.5. The topological polar surface area (TPSA) is 53.1 Å². The Morgan fingerprint density at radius 1 is 1.17 bits per heavy atom. The third-order valence-electron chi connectivity index (χ3n) is 3.06. The summed E-state index contributed by atoms with van der Waals surface area (Å²) >= 11 is 0. The van der Waals surface area contributed by atoms with Gasteiger partial charge in [-0.15, -0.1) is 0 Å². The number of benzene rings is 1. The van der Waals surface area contributed by atoms with Crippen LogP contribution in [0.2, 0.25) is 0 Å². The molecule has 0 fully saturated rings. The Balaban J connectivity index is 2.91. The summed E-state index contributed by atoms with van der Waals surface area (Å²) in [7, 11) is 0. The predicted molar refractivity (Wildman–Crippen MR) is 77.9 cm³/mol. The van der Waals surface area contributed by atoms with Crippen LogP contribution in [-0.4, -0.2) is 23.8 Å². The first-order chi connectivity index (χ1) is 8.69. The van der Waals surface area contributed by atoms with Gasteiger partial charge in [-0.25, -0.2) is 0 Å². The first-order valence-corrected chi connectivity index (χ1v) is 6.80. The molecule has 3 heteroatoms. The van der Waals surface area contributed by atoms with Crippen molar-refractivity contribution in [1.29, 1.82) is 5.41 Å². The van der Waals surface area contributed by atoms with E-state index in [4.69, 9.17) is 11.1 Å². The van der Waals surface area contributed by atoms with E-state index in [1.165, 1.54) is 5.56 Å². The van der Waals surface area contributed by atoms with Gasteiger partial charge in [0.15, 0.2) is 0 Å². The Morgan fingerprint density at radius 3 is 2.17 bits per heavy atom. The van der Waals surface area contributed by atoms with Crippen LogP contribution in [0.15, 0.2) is 30.3 Å². The van der Waals surface area contributed by atoms with Crippen molar-refractivity contribution in [3.05, 3.63) is 35.9 Å².